The highest BCUT2D eigenvalue weighted by molar-refractivity contribution is 5.89. The smallest absolute Gasteiger partial charge is 0.261 e. The molecule has 1 aromatic rings. The van der Waals surface area contributed by atoms with Crippen LogP contribution in [-0.4, -0.2) is 52.1 Å². The molecule has 0 aliphatic carbocycles. The molecule has 10 nitrogen and oxygen atoms in total. The summed E-state index contributed by atoms with van der Waals surface area (Å²) in [5.74, 6) is -2.22. The van der Waals surface area contributed by atoms with Gasteiger partial charge in [0.1, 0.15) is 11.8 Å². The highest BCUT2D eigenvalue weighted by Gasteiger charge is 2.24. The van der Waals surface area contributed by atoms with E-state index in [1.807, 2.05) is 6.92 Å². The van der Waals surface area contributed by atoms with Crippen molar-refractivity contribution < 1.29 is 29.5 Å². The van der Waals surface area contributed by atoms with Crippen LogP contribution in [-0.2, 0) is 25.6 Å². The maximum Gasteiger partial charge on any atom is 0.261 e. The van der Waals surface area contributed by atoms with E-state index in [1.165, 1.54) is 19.1 Å². The van der Waals surface area contributed by atoms with Crippen molar-refractivity contribution in [2.45, 2.75) is 52.0 Å². The monoisotopic (exact) mass is 422 g/mol. The van der Waals surface area contributed by atoms with Crippen LogP contribution in [0.15, 0.2) is 24.3 Å². The summed E-state index contributed by atoms with van der Waals surface area (Å²) in [5, 5.41) is 21.7. The summed E-state index contributed by atoms with van der Waals surface area (Å²) in [6, 6.07) is 5.22. The van der Waals surface area contributed by atoms with Crippen molar-refractivity contribution in [3.63, 3.8) is 0 Å². The summed E-state index contributed by atoms with van der Waals surface area (Å²) in [5.41, 5.74) is 5.30. The highest BCUT2D eigenvalue weighted by Crippen LogP contribution is 2.12. The molecule has 0 aromatic heterocycles. The predicted molar refractivity (Wildman–Crippen MR) is 108 cm³/mol. The number of nitrogens with zero attached hydrogens (tertiary/aromatic N) is 1. The van der Waals surface area contributed by atoms with Crippen LogP contribution in [0.1, 0.15) is 45.1 Å². The Balaban J connectivity index is 2.73. The van der Waals surface area contributed by atoms with Crippen LogP contribution in [0.4, 0.5) is 0 Å². The maximum atomic E-state index is 12.5. The number of hydrogen-bond donors (Lipinski definition) is 5. The summed E-state index contributed by atoms with van der Waals surface area (Å²) >= 11 is 0. The quantitative estimate of drug-likeness (QED) is 0.144. The average Bonchev–Trinajstić information content (AvgIpc) is 2.71. The molecule has 0 spiro atoms. The second-order valence-corrected chi connectivity index (χ2v) is 7.02. The van der Waals surface area contributed by atoms with Crippen molar-refractivity contribution in [3.8, 4) is 5.75 Å². The first-order valence-corrected chi connectivity index (χ1v) is 9.82. The van der Waals surface area contributed by atoms with Crippen molar-refractivity contribution in [1.29, 1.82) is 0 Å². The van der Waals surface area contributed by atoms with Gasteiger partial charge in [0.2, 0.25) is 18.2 Å². The largest absolute Gasteiger partial charge is 0.508 e. The average molecular weight is 422 g/mol. The molecule has 0 aliphatic heterocycles. The number of nitrogens with one attached hydrogen (secondary N) is 3. The second-order valence-electron chi connectivity index (χ2n) is 7.02. The second kappa shape index (κ2) is 13.2. The van der Waals surface area contributed by atoms with Gasteiger partial charge in [-0.2, -0.15) is 0 Å². The van der Waals surface area contributed by atoms with E-state index in [9.17, 15) is 29.5 Å². The first-order valence-electron chi connectivity index (χ1n) is 9.82. The summed E-state index contributed by atoms with van der Waals surface area (Å²) in [6.07, 6.45) is 3.35. The first-order chi connectivity index (χ1) is 14.3. The van der Waals surface area contributed by atoms with Crippen LogP contribution in [0.25, 0.3) is 0 Å². The minimum absolute atomic E-state index is 0.0777. The third-order valence-corrected chi connectivity index (χ3v) is 4.44. The number of carbonyl (C=O) groups is 4. The van der Waals surface area contributed by atoms with Crippen LogP contribution in [0, 0.1) is 5.92 Å². The normalized spacial score (nSPS) is 12.4. The number of aromatic hydroxyl groups is 1. The van der Waals surface area contributed by atoms with E-state index in [4.69, 9.17) is 0 Å². The number of amides is 4. The third kappa shape index (κ3) is 9.37. The molecule has 0 fully saturated rings. The van der Waals surface area contributed by atoms with Gasteiger partial charge in [0.15, 0.2) is 0 Å². The summed E-state index contributed by atoms with van der Waals surface area (Å²) in [6.45, 7) is 3.08. The van der Waals surface area contributed by atoms with Crippen molar-refractivity contribution in [2.24, 2.45) is 5.92 Å². The molecule has 4 amide bonds. The van der Waals surface area contributed by atoms with Gasteiger partial charge in [0.05, 0.1) is 12.5 Å². The van der Waals surface area contributed by atoms with E-state index in [1.54, 1.807) is 12.1 Å². The minimum atomic E-state index is -0.949. The Morgan fingerprint density at radius 2 is 1.73 bits per heavy atom. The summed E-state index contributed by atoms with van der Waals surface area (Å²) in [7, 11) is 0. The molecule has 30 heavy (non-hydrogen) atoms. The number of benzene rings is 1. The van der Waals surface area contributed by atoms with Crippen LogP contribution < -0.4 is 16.2 Å². The first kappa shape index (κ1) is 24.9. The fraction of sp³-hybridized carbons (Fsp3) is 0.500. The zero-order valence-electron chi connectivity index (χ0n) is 17.3. The van der Waals surface area contributed by atoms with Crippen molar-refractivity contribution >= 4 is 24.1 Å². The van der Waals surface area contributed by atoms with E-state index >= 15 is 0 Å². The molecule has 0 aliphatic rings. The van der Waals surface area contributed by atoms with Gasteiger partial charge in [0, 0.05) is 13.3 Å². The van der Waals surface area contributed by atoms with Gasteiger partial charge in [-0.1, -0.05) is 38.3 Å². The Labute approximate surface area is 175 Å². The van der Waals surface area contributed by atoms with Gasteiger partial charge in [-0.05, 0) is 24.1 Å². The molecule has 2 atom stereocenters. The summed E-state index contributed by atoms with van der Waals surface area (Å²) < 4.78 is 0. The lowest BCUT2D eigenvalue weighted by molar-refractivity contribution is -0.155. The number of unbranched alkanes of at least 4 members (excludes halogenated alkanes) is 2. The van der Waals surface area contributed by atoms with E-state index in [2.05, 4.69) is 16.2 Å². The molecule has 10 heteroatoms. The highest BCUT2D eigenvalue weighted by atomic mass is 16.5. The molecule has 5 N–H and O–H groups in total. The Bertz CT molecular complexity index is 710. The van der Waals surface area contributed by atoms with Gasteiger partial charge >= 0.3 is 0 Å². The number of hydrogen-bond acceptors (Lipinski definition) is 6. The van der Waals surface area contributed by atoms with E-state index in [-0.39, 0.29) is 25.1 Å². The van der Waals surface area contributed by atoms with E-state index in [0.29, 0.717) is 17.0 Å². The zero-order valence-corrected chi connectivity index (χ0v) is 17.3. The molecule has 0 radical (unpaired) electrons. The van der Waals surface area contributed by atoms with E-state index < -0.39 is 29.7 Å². The Morgan fingerprint density at radius 3 is 2.30 bits per heavy atom. The van der Waals surface area contributed by atoms with Crippen LogP contribution in [0.2, 0.25) is 0 Å². The number of phenols is 1. The van der Waals surface area contributed by atoms with E-state index in [0.717, 1.165) is 19.3 Å². The Kier molecular flexibility index (Phi) is 10.9. The number of carbonyl (C=O) groups excluding carboxylic acids is 4. The van der Waals surface area contributed by atoms with Crippen LogP contribution >= 0.6 is 0 Å². The molecule has 0 bridgehead atoms. The number of phenolic OH excluding ortho intramolecular Hbond substituents is 1. The summed E-state index contributed by atoms with van der Waals surface area (Å²) in [4.78, 5) is 47.1. The molecule has 0 saturated carbocycles. The predicted octanol–water partition coefficient (Wildman–Crippen LogP) is 0.631. The molecule has 1 aromatic carbocycles. The lowest BCUT2D eigenvalue weighted by Crippen LogP contribution is -2.54. The molecular weight excluding hydrogens is 392 g/mol. The SMILES string of the molecule is CCCCC[C@H](CN(O)C=O)C(=O)NNC(=O)[C@H](Cc1ccc(O)cc1)NC(C)=O. The lowest BCUT2D eigenvalue weighted by Gasteiger charge is -2.21. The van der Waals surface area contributed by atoms with Gasteiger partial charge in [-0.25, -0.2) is 5.06 Å². The number of rotatable bonds is 12. The zero-order chi connectivity index (χ0) is 22.5. The van der Waals surface area contributed by atoms with Crippen molar-refractivity contribution in [3.05, 3.63) is 29.8 Å². The van der Waals surface area contributed by atoms with Crippen molar-refractivity contribution in [2.75, 3.05) is 6.54 Å². The fourth-order valence-electron chi connectivity index (χ4n) is 2.85. The van der Waals surface area contributed by atoms with Gasteiger partial charge in [-0.15, -0.1) is 0 Å². The molecule has 1 rings (SSSR count). The number of hydrazine groups is 1. The fourth-order valence-corrected chi connectivity index (χ4v) is 2.85. The Hall–Kier alpha value is -3.14. The molecule has 0 saturated heterocycles. The van der Waals surface area contributed by atoms with Gasteiger partial charge < -0.3 is 10.4 Å². The Morgan fingerprint density at radius 1 is 1.10 bits per heavy atom. The molecule has 166 valence electrons. The van der Waals surface area contributed by atoms with Crippen LogP contribution in [0.5, 0.6) is 5.75 Å². The van der Waals surface area contributed by atoms with Gasteiger partial charge in [-0.3, -0.25) is 35.2 Å². The number of hydroxylamine groups is 2. The maximum absolute atomic E-state index is 12.5. The lowest BCUT2D eigenvalue weighted by atomic mass is 10.0. The van der Waals surface area contributed by atoms with Gasteiger partial charge in [0.25, 0.3) is 5.91 Å². The van der Waals surface area contributed by atoms with Crippen molar-refractivity contribution in [1.82, 2.24) is 21.2 Å². The minimum Gasteiger partial charge on any atom is -0.508 e. The topological polar surface area (TPSA) is 148 Å². The molecule has 0 unspecified atom stereocenters. The van der Waals surface area contributed by atoms with Crippen LogP contribution in [0.3, 0.4) is 0 Å². The third-order valence-electron chi connectivity index (χ3n) is 4.44. The standard InChI is InChI=1S/C20H30N4O6/c1-3-4-5-6-16(12-24(30)13-25)19(28)22-23-20(29)18(21-14(2)26)11-15-7-9-17(27)10-8-15/h7-10,13,16,18,27,30H,3-6,11-12H2,1-2H3,(H,21,26)(H,22,28)(H,23,29)/t16-,18+/m1/s1. The molecular formula is C20H30N4O6. The molecule has 0 heterocycles.